The second-order valence-corrected chi connectivity index (χ2v) is 9.20. The number of hydrogen-bond acceptors (Lipinski definition) is 5. The lowest BCUT2D eigenvalue weighted by atomic mass is 10.2. The number of amides is 3. The minimum atomic E-state index is -0.133. The number of benzene rings is 2. The van der Waals surface area contributed by atoms with Crippen LogP contribution in [0.2, 0.25) is 5.02 Å². The van der Waals surface area contributed by atoms with Gasteiger partial charge in [0, 0.05) is 31.1 Å². The summed E-state index contributed by atoms with van der Waals surface area (Å²) in [4.78, 5) is 44.3. The third-order valence-electron chi connectivity index (χ3n) is 5.56. The first-order valence-corrected chi connectivity index (χ1v) is 11.9. The predicted molar refractivity (Wildman–Crippen MR) is 127 cm³/mol. The van der Waals surface area contributed by atoms with E-state index in [9.17, 15) is 14.4 Å². The molecule has 4 rings (SSSR count). The molecule has 0 aromatic heterocycles. The molecule has 2 heterocycles. The summed E-state index contributed by atoms with van der Waals surface area (Å²) in [7, 11) is 0. The number of fused-ring (bicyclic) bond motifs is 1. The molecule has 0 spiro atoms. The molecule has 1 N–H and O–H groups in total. The number of hydrogen-bond donors (Lipinski definition) is 1. The molecule has 0 atom stereocenters. The number of carbonyl (C=O) groups excluding carboxylic acids is 3. The van der Waals surface area contributed by atoms with Crippen LogP contribution in [0, 0.1) is 0 Å². The number of nitrogens with one attached hydrogen (secondary N) is 1. The molecule has 168 valence electrons. The van der Waals surface area contributed by atoms with Gasteiger partial charge in [-0.15, -0.1) is 11.8 Å². The Kier molecular flexibility index (Phi) is 7.34. The summed E-state index contributed by atoms with van der Waals surface area (Å²) in [5.74, 6) is 0.0987. The lowest BCUT2D eigenvalue weighted by Gasteiger charge is -2.30. The van der Waals surface area contributed by atoms with Crippen LogP contribution in [0.3, 0.4) is 0 Å². The molecule has 2 aromatic rings. The topological polar surface area (TPSA) is 73.0 Å². The van der Waals surface area contributed by atoms with Crippen molar-refractivity contribution in [2.24, 2.45) is 0 Å². The highest BCUT2D eigenvalue weighted by Crippen LogP contribution is 2.34. The molecule has 7 nitrogen and oxygen atoms in total. The maximum Gasteiger partial charge on any atom is 0.242 e. The van der Waals surface area contributed by atoms with Gasteiger partial charge in [0.25, 0.3) is 0 Å². The standard InChI is InChI=1S/C23H25ClN4O3S/c24-17-6-1-2-7-18(17)25-21(29)14-26-10-5-11-27(13-12-26)22(30)15-28-19-8-3-4-9-20(19)32-16-23(28)31/h1-4,6-9H,5,10-16H2,(H,25,29). The Hall–Kier alpha value is -2.55. The quantitative estimate of drug-likeness (QED) is 0.724. The van der Waals surface area contributed by atoms with Crippen molar-refractivity contribution in [1.29, 1.82) is 0 Å². The molecule has 1 fully saturated rings. The summed E-state index contributed by atoms with van der Waals surface area (Å²) in [5.41, 5.74) is 1.39. The van der Waals surface area contributed by atoms with Gasteiger partial charge in [-0.25, -0.2) is 0 Å². The highest BCUT2D eigenvalue weighted by Gasteiger charge is 2.29. The third-order valence-corrected chi connectivity index (χ3v) is 6.94. The van der Waals surface area contributed by atoms with Gasteiger partial charge in [0.05, 0.1) is 28.7 Å². The number of carbonyl (C=O) groups is 3. The van der Waals surface area contributed by atoms with Gasteiger partial charge in [-0.05, 0) is 30.7 Å². The van der Waals surface area contributed by atoms with Crippen molar-refractivity contribution in [1.82, 2.24) is 9.80 Å². The number of nitrogens with zero attached hydrogens (tertiary/aromatic N) is 3. The molecule has 0 bridgehead atoms. The summed E-state index contributed by atoms with van der Waals surface area (Å²) >= 11 is 7.62. The Morgan fingerprint density at radius 1 is 0.969 bits per heavy atom. The van der Waals surface area contributed by atoms with Gasteiger partial charge in [0.2, 0.25) is 17.7 Å². The maximum absolute atomic E-state index is 13.0. The van der Waals surface area contributed by atoms with Crippen molar-refractivity contribution in [2.75, 3.05) is 55.2 Å². The van der Waals surface area contributed by atoms with E-state index in [4.69, 9.17) is 11.6 Å². The van der Waals surface area contributed by atoms with Crippen LogP contribution < -0.4 is 10.2 Å². The molecule has 9 heteroatoms. The maximum atomic E-state index is 13.0. The summed E-state index contributed by atoms with van der Waals surface area (Å²) < 4.78 is 0. The number of halogens is 1. The van der Waals surface area contributed by atoms with Crippen LogP contribution in [0.5, 0.6) is 0 Å². The average molecular weight is 473 g/mol. The van der Waals surface area contributed by atoms with Crippen LogP contribution in [0.25, 0.3) is 0 Å². The van der Waals surface area contributed by atoms with Crippen LogP contribution >= 0.6 is 23.4 Å². The van der Waals surface area contributed by atoms with Gasteiger partial charge in [-0.2, -0.15) is 0 Å². The molecule has 2 aliphatic heterocycles. The van der Waals surface area contributed by atoms with Gasteiger partial charge < -0.3 is 15.1 Å². The first-order valence-electron chi connectivity index (χ1n) is 10.6. The summed E-state index contributed by atoms with van der Waals surface area (Å²) in [6.07, 6.45) is 0.769. The molecule has 1 saturated heterocycles. The van der Waals surface area contributed by atoms with E-state index in [-0.39, 0.29) is 30.8 Å². The van der Waals surface area contributed by atoms with Crippen molar-refractivity contribution in [3.8, 4) is 0 Å². The fourth-order valence-corrected chi connectivity index (χ4v) is 5.02. The minimum absolute atomic E-state index is 0.0450. The number of para-hydroxylation sites is 2. The van der Waals surface area contributed by atoms with E-state index in [0.29, 0.717) is 36.1 Å². The lowest BCUT2D eigenvalue weighted by molar-refractivity contribution is -0.131. The lowest BCUT2D eigenvalue weighted by Crippen LogP contribution is -2.46. The Balaban J connectivity index is 1.31. The number of thioether (sulfide) groups is 1. The van der Waals surface area contributed by atoms with Gasteiger partial charge in [0.15, 0.2) is 0 Å². The number of rotatable bonds is 5. The second kappa shape index (κ2) is 10.4. The van der Waals surface area contributed by atoms with E-state index in [0.717, 1.165) is 23.5 Å². The van der Waals surface area contributed by atoms with Crippen molar-refractivity contribution < 1.29 is 14.4 Å². The van der Waals surface area contributed by atoms with E-state index in [1.54, 1.807) is 21.9 Å². The van der Waals surface area contributed by atoms with E-state index < -0.39 is 0 Å². The smallest absolute Gasteiger partial charge is 0.242 e. The van der Waals surface area contributed by atoms with Crippen molar-refractivity contribution >= 4 is 52.5 Å². The van der Waals surface area contributed by atoms with Crippen molar-refractivity contribution in [3.05, 3.63) is 53.6 Å². The Morgan fingerprint density at radius 2 is 1.75 bits per heavy atom. The monoisotopic (exact) mass is 472 g/mol. The zero-order chi connectivity index (χ0) is 22.5. The molecule has 0 saturated carbocycles. The second-order valence-electron chi connectivity index (χ2n) is 7.77. The fourth-order valence-electron chi connectivity index (χ4n) is 3.90. The van der Waals surface area contributed by atoms with Crippen molar-refractivity contribution in [2.45, 2.75) is 11.3 Å². The molecular formula is C23H25ClN4O3S. The zero-order valence-electron chi connectivity index (χ0n) is 17.6. The van der Waals surface area contributed by atoms with E-state index in [1.165, 1.54) is 11.8 Å². The largest absolute Gasteiger partial charge is 0.340 e. The molecule has 0 radical (unpaired) electrons. The van der Waals surface area contributed by atoms with E-state index in [1.807, 2.05) is 41.3 Å². The Bertz CT molecular complexity index is 1020. The number of anilines is 2. The molecule has 0 unspecified atom stereocenters. The van der Waals surface area contributed by atoms with Gasteiger partial charge in [-0.3, -0.25) is 19.3 Å². The molecule has 2 aliphatic rings. The minimum Gasteiger partial charge on any atom is -0.340 e. The van der Waals surface area contributed by atoms with Crippen LogP contribution in [-0.4, -0.2) is 72.5 Å². The average Bonchev–Trinajstić information content (AvgIpc) is 3.03. The zero-order valence-corrected chi connectivity index (χ0v) is 19.2. The van der Waals surface area contributed by atoms with Gasteiger partial charge in [-0.1, -0.05) is 35.9 Å². The summed E-state index contributed by atoms with van der Waals surface area (Å²) in [6, 6.07) is 14.8. The molecule has 32 heavy (non-hydrogen) atoms. The molecule has 0 aliphatic carbocycles. The highest BCUT2D eigenvalue weighted by molar-refractivity contribution is 8.00. The van der Waals surface area contributed by atoms with Gasteiger partial charge >= 0.3 is 0 Å². The fraction of sp³-hybridized carbons (Fsp3) is 0.348. The van der Waals surface area contributed by atoms with Crippen LogP contribution in [0.15, 0.2) is 53.4 Å². The van der Waals surface area contributed by atoms with E-state index >= 15 is 0 Å². The first-order chi connectivity index (χ1) is 15.5. The Labute approximate surface area is 196 Å². The van der Waals surface area contributed by atoms with Gasteiger partial charge in [0.1, 0.15) is 6.54 Å². The Morgan fingerprint density at radius 3 is 2.59 bits per heavy atom. The summed E-state index contributed by atoms with van der Waals surface area (Å²) in [6.45, 7) is 2.74. The first kappa shape index (κ1) is 22.6. The van der Waals surface area contributed by atoms with Crippen LogP contribution in [0.1, 0.15) is 6.42 Å². The SMILES string of the molecule is O=C(CN1CCCN(C(=O)CN2C(=O)CSc3ccccc32)CC1)Nc1ccccc1Cl. The predicted octanol–water partition coefficient (Wildman–Crippen LogP) is 2.95. The molecule has 2 aromatic carbocycles. The molecular weight excluding hydrogens is 448 g/mol. The van der Waals surface area contributed by atoms with Crippen molar-refractivity contribution in [3.63, 3.8) is 0 Å². The third kappa shape index (κ3) is 5.43. The van der Waals surface area contributed by atoms with Crippen LogP contribution in [-0.2, 0) is 14.4 Å². The highest BCUT2D eigenvalue weighted by atomic mass is 35.5. The van der Waals surface area contributed by atoms with Crippen LogP contribution in [0.4, 0.5) is 11.4 Å². The normalized spacial score (nSPS) is 17.0. The molecule has 3 amide bonds. The van der Waals surface area contributed by atoms with E-state index in [2.05, 4.69) is 5.32 Å². The summed E-state index contributed by atoms with van der Waals surface area (Å²) in [5, 5.41) is 3.34.